The number of nitrogens with zero attached hydrogens (tertiary/aromatic N) is 3. The Balaban J connectivity index is 0. The van der Waals surface area contributed by atoms with Crippen molar-refractivity contribution in [2.45, 2.75) is 33.7 Å². The number of aryl methyl sites for hydroxylation is 1. The van der Waals surface area contributed by atoms with Crippen LogP contribution in [0.3, 0.4) is 0 Å². The van der Waals surface area contributed by atoms with Gasteiger partial charge in [0.05, 0.1) is 25.5 Å². The van der Waals surface area contributed by atoms with Crippen LogP contribution in [0.2, 0.25) is 25.1 Å². The Labute approximate surface area is 258 Å². The van der Waals surface area contributed by atoms with E-state index >= 15 is 0 Å². The first-order valence-corrected chi connectivity index (χ1v) is 13.1. The van der Waals surface area contributed by atoms with Gasteiger partial charge in [0.25, 0.3) is 0 Å². The highest BCUT2D eigenvalue weighted by molar-refractivity contribution is 7.09. The minimum Gasteiger partial charge on any atom is -1.00 e. The van der Waals surface area contributed by atoms with Gasteiger partial charge in [-0.2, -0.15) is 4.57 Å². The molecule has 0 atom stereocenters. The molecule has 3 aromatic rings. The van der Waals surface area contributed by atoms with Gasteiger partial charge < -0.3 is 28.0 Å². The van der Waals surface area contributed by atoms with Crippen molar-refractivity contribution in [3.05, 3.63) is 85.1 Å². The largest absolute Gasteiger partial charge is 1.00 e. The van der Waals surface area contributed by atoms with Gasteiger partial charge in [0, 0.05) is 33.1 Å². The van der Waals surface area contributed by atoms with E-state index in [4.69, 9.17) is 73.6 Å². The van der Waals surface area contributed by atoms with E-state index in [-0.39, 0.29) is 49.9 Å². The summed E-state index contributed by atoms with van der Waals surface area (Å²) in [6.07, 6.45) is 2.47. The lowest BCUT2D eigenvalue weighted by Gasteiger charge is -2.10. The molecule has 0 aliphatic rings. The van der Waals surface area contributed by atoms with E-state index in [1.807, 2.05) is 19.4 Å². The Hall–Kier alpha value is -1.62. The normalized spacial score (nSPS) is 9.39. The summed E-state index contributed by atoms with van der Waals surface area (Å²) >= 11 is 30.4. The number of thiazole rings is 1. The summed E-state index contributed by atoms with van der Waals surface area (Å²) in [5.74, 6) is 0.534. The maximum absolute atomic E-state index is 10.8. The Morgan fingerprint density at radius 3 is 2.00 bits per heavy atom. The molecule has 38 heavy (non-hydrogen) atoms. The molecule has 2 heterocycles. The third kappa shape index (κ3) is 10.9. The molecule has 0 saturated carbocycles. The number of halogens is 6. The second-order valence-electron chi connectivity index (χ2n) is 6.65. The number of benzene rings is 1. The molecule has 0 aliphatic carbocycles. The summed E-state index contributed by atoms with van der Waals surface area (Å²) in [4.78, 5) is 20.3. The third-order valence-corrected chi connectivity index (χ3v) is 7.66. The van der Waals surface area contributed by atoms with Gasteiger partial charge in [-0.25, -0.2) is 9.97 Å². The molecule has 0 amide bonds. The molecule has 14 heteroatoms. The number of carbonyl (C=O) groups is 1. The van der Waals surface area contributed by atoms with E-state index in [2.05, 4.69) is 40.9 Å². The lowest BCUT2D eigenvalue weighted by atomic mass is 10.2. The molecule has 0 aliphatic heterocycles. The number of hydrogen-bond donors (Lipinski definition) is 2. The molecular weight excluding hydrogens is 637 g/mol. The minimum atomic E-state index is -0.590. The summed E-state index contributed by atoms with van der Waals surface area (Å²) < 4.78 is 6.87. The first kappa shape index (κ1) is 38.5. The molecule has 0 bridgehead atoms. The number of aliphatic hydroxyl groups is 1. The van der Waals surface area contributed by atoms with Gasteiger partial charge in [-0.1, -0.05) is 69.3 Å². The number of carbonyl (C=O) groups excluding carboxylic acids is 1. The molecule has 0 unspecified atom stereocenters. The highest BCUT2D eigenvalue weighted by atomic mass is 35.5. The lowest BCUT2D eigenvalue weighted by molar-refractivity contribution is -0.689. The van der Waals surface area contributed by atoms with E-state index in [1.54, 1.807) is 17.5 Å². The Morgan fingerprint density at radius 1 is 1.05 bits per heavy atom. The van der Waals surface area contributed by atoms with E-state index in [0.717, 1.165) is 11.3 Å². The van der Waals surface area contributed by atoms with E-state index in [9.17, 15) is 4.79 Å². The van der Waals surface area contributed by atoms with Gasteiger partial charge in [-0.15, -0.1) is 26.3 Å². The van der Waals surface area contributed by atoms with Crippen LogP contribution in [-0.4, -0.2) is 27.7 Å². The summed E-state index contributed by atoms with van der Waals surface area (Å²) in [7, 11) is 0. The van der Waals surface area contributed by atoms with Crippen LogP contribution in [0.15, 0.2) is 38.0 Å². The number of anilines is 1. The maximum Gasteiger partial charge on any atom is 0.308 e. The van der Waals surface area contributed by atoms with Gasteiger partial charge >= 0.3 is 5.97 Å². The number of hydrogen-bond acceptors (Lipinski definition) is 7. The zero-order valence-electron chi connectivity index (χ0n) is 21.0. The molecule has 3 N–H and O–H groups in total. The number of ether oxygens (including phenoxy) is 1. The minimum absolute atomic E-state index is 0. The van der Waals surface area contributed by atoms with Crippen molar-refractivity contribution < 1.29 is 31.6 Å². The average Bonchev–Trinajstić information content (AvgIpc) is 3.23. The van der Waals surface area contributed by atoms with E-state index < -0.39 is 5.97 Å². The van der Waals surface area contributed by atoms with Crippen LogP contribution in [0.4, 0.5) is 5.82 Å². The lowest BCUT2D eigenvalue weighted by Crippen LogP contribution is -3.00. The van der Waals surface area contributed by atoms with Crippen molar-refractivity contribution in [2.75, 3.05) is 12.3 Å². The van der Waals surface area contributed by atoms with Crippen molar-refractivity contribution in [1.82, 2.24) is 9.97 Å². The van der Waals surface area contributed by atoms with Crippen LogP contribution in [0.5, 0.6) is 5.75 Å². The first-order valence-electron chi connectivity index (χ1n) is 10.3. The number of rotatable bonds is 5. The van der Waals surface area contributed by atoms with Crippen molar-refractivity contribution in [3.8, 4) is 5.75 Å². The van der Waals surface area contributed by atoms with E-state index in [0.29, 0.717) is 24.6 Å². The van der Waals surface area contributed by atoms with E-state index in [1.165, 1.54) is 11.8 Å². The molecule has 7 nitrogen and oxygen atoms in total. The highest BCUT2D eigenvalue weighted by Crippen LogP contribution is 2.48. The second kappa shape index (κ2) is 19.4. The smallest absolute Gasteiger partial charge is 0.308 e. The summed E-state index contributed by atoms with van der Waals surface area (Å²) in [6.45, 7) is 17.9. The predicted molar refractivity (Wildman–Crippen MR) is 156 cm³/mol. The number of nitrogen functional groups attached to an aromatic ring is 1. The Bertz CT molecular complexity index is 1180. The molecule has 2 aromatic heterocycles. The van der Waals surface area contributed by atoms with Gasteiger partial charge in [0.2, 0.25) is 5.51 Å². The van der Waals surface area contributed by atoms with Crippen molar-refractivity contribution in [3.63, 3.8) is 0 Å². The molecule has 210 valence electrons. The van der Waals surface area contributed by atoms with Gasteiger partial charge in [0.15, 0.2) is 18.0 Å². The van der Waals surface area contributed by atoms with Crippen LogP contribution < -0.4 is 27.4 Å². The van der Waals surface area contributed by atoms with Gasteiger partial charge in [-0.3, -0.25) is 4.79 Å². The van der Waals surface area contributed by atoms with Crippen LogP contribution in [0.1, 0.15) is 28.9 Å². The van der Waals surface area contributed by atoms with Gasteiger partial charge in [0.1, 0.15) is 21.7 Å². The zero-order chi connectivity index (χ0) is 28.9. The van der Waals surface area contributed by atoms with Crippen LogP contribution in [0, 0.1) is 13.8 Å². The second-order valence-corrected chi connectivity index (χ2v) is 9.48. The quantitative estimate of drug-likeness (QED) is 0.106. The standard InChI is InChI=1S/C12H17N4OS.C8H3Cl5O2.2C2H4.ClH/c1-8-11(3-4-17)18-7-16(8)6-10-5-14-9(2)15-12(10)13;1-2(14)15-8-6(12)4(10)3(9)5(11)7(8)13;2*1-2;/h5,7,17H,3-4,6H2,1-2H3,(H2,13,14,15);1H3;2*1-2H2;1H/q+1;;;;/p-1. The average molecular weight is 665 g/mol. The number of aromatic nitrogens is 3. The predicted octanol–water partition coefficient (Wildman–Crippen LogP) is 4.10. The molecular formula is C24H28Cl6N4O3S. The third-order valence-electron chi connectivity index (χ3n) is 4.27. The summed E-state index contributed by atoms with van der Waals surface area (Å²) in [5.41, 5.74) is 10.0. The monoisotopic (exact) mass is 662 g/mol. The molecule has 0 radical (unpaired) electrons. The molecule has 3 rings (SSSR count). The summed E-state index contributed by atoms with van der Waals surface area (Å²) in [5, 5.41) is 8.87. The van der Waals surface area contributed by atoms with Crippen LogP contribution >= 0.6 is 69.3 Å². The number of esters is 1. The van der Waals surface area contributed by atoms with Gasteiger partial charge in [-0.05, 0) is 6.92 Å². The van der Waals surface area contributed by atoms with Crippen molar-refractivity contribution >= 4 is 81.1 Å². The fourth-order valence-corrected chi connectivity index (χ4v) is 4.77. The zero-order valence-corrected chi connectivity index (χ0v) is 26.3. The Kier molecular flexibility index (Phi) is 19.7. The maximum atomic E-state index is 10.8. The number of nitrogens with two attached hydrogens (primary N) is 1. The Morgan fingerprint density at radius 2 is 1.55 bits per heavy atom. The number of aliphatic hydroxyl groups excluding tert-OH is 1. The van der Waals surface area contributed by atoms with Crippen molar-refractivity contribution in [1.29, 1.82) is 0 Å². The first-order chi connectivity index (χ1) is 17.5. The molecule has 1 aromatic carbocycles. The topological polar surface area (TPSA) is 102 Å². The summed E-state index contributed by atoms with van der Waals surface area (Å²) in [6, 6.07) is 0. The highest BCUT2D eigenvalue weighted by Gasteiger charge is 2.21. The fourth-order valence-electron chi connectivity index (χ4n) is 2.58. The van der Waals surface area contributed by atoms with Crippen LogP contribution in [-0.2, 0) is 17.8 Å². The van der Waals surface area contributed by atoms with Crippen LogP contribution in [0.25, 0.3) is 0 Å². The SMILES string of the molecule is C=C.C=C.CC(=O)Oc1c(Cl)c(Cl)c(Cl)c(Cl)c1Cl.Cc1ncc(C[n+]2csc(CCO)c2C)c(N)n1.[Cl-]. The molecule has 0 fully saturated rings. The molecule has 0 spiro atoms. The van der Waals surface area contributed by atoms with Crippen molar-refractivity contribution in [2.24, 2.45) is 0 Å². The fraction of sp³-hybridized carbons (Fsp3) is 0.250. The molecule has 0 saturated heterocycles.